The molecule has 2 aliphatic rings. The van der Waals surface area contributed by atoms with Crippen LogP contribution in [0.15, 0.2) is 66.9 Å². The van der Waals surface area contributed by atoms with Gasteiger partial charge in [-0.15, -0.1) is 0 Å². The molecular formula is C29H23ClF3N5O4. The van der Waals surface area contributed by atoms with Crippen LogP contribution in [0, 0.1) is 17.1 Å². The Hall–Kier alpha value is -4.63. The van der Waals surface area contributed by atoms with Gasteiger partial charge in [0.25, 0.3) is 5.92 Å². The maximum absolute atomic E-state index is 14.5. The first-order valence-electron chi connectivity index (χ1n) is 12.9. The first-order valence-corrected chi connectivity index (χ1v) is 13.3. The molecule has 9 nitrogen and oxygen atoms in total. The number of nitrogens with one attached hydrogen (secondary N) is 1. The fraction of sp³-hybridized carbons (Fsp3) is 0.276. The van der Waals surface area contributed by atoms with Gasteiger partial charge in [0, 0.05) is 41.4 Å². The van der Waals surface area contributed by atoms with Crippen LogP contribution in [0.1, 0.15) is 36.4 Å². The van der Waals surface area contributed by atoms with Crippen molar-refractivity contribution in [3.63, 3.8) is 0 Å². The van der Waals surface area contributed by atoms with E-state index in [1.165, 1.54) is 42.6 Å². The Kier molecular flexibility index (Phi) is 8.04. The normalized spacial score (nSPS) is 18.4. The fourth-order valence-corrected chi connectivity index (χ4v) is 5.25. The predicted molar refractivity (Wildman–Crippen MR) is 145 cm³/mol. The molecule has 1 aliphatic carbocycles. The number of ether oxygens (including phenoxy) is 1. The monoisotopic (exact) mass is 597 g/mol. The zero-order chi connectivity index (χ0) is 30.0. The lowest BCUT2D eigenvalue weighted by Crippen LogP contribution is -2.54. The van der Waals surface area contributed by atoms with E-state index >= 15 is 0 Å². The first kappa shape index (κ1) is 28.9. The van der Waals surface area contributed by atoms with E-state index in [1.54, 1.807) is 12.1 Å². The van der Waals surface area contributed by atoms with Crippen molar-refractivity contribution in [3.8, 4) is 6.07 Å². The topological polar surface area (TPSA) is 116 Å². The van der Waals surface area contributed by atoms with Crippen LogP contribution in [0.5, 0.6) is 0 Å². The molecule has 1 aliphatic heterocycles. The van der Waals surface area contributed by atoms with Crippen molar-refractivity contribution >= 4 is 41.0 Å². The molecule has 2 atom stereocenters. The van der Waals surface area contributed by atoms with E-state index < -0.39 is 67.0 Å². The van der Waals surface area contributed by atoms with Gasteiger partial charge in [-0.3, -0.25) is 19.4 Å². The number of carbonyl (C=O) groups is 3. The van der Waals surface area contributed by atoms with Crippen molar-refractivity contribution in [2.75, 3.05) is 16.4 Å². The number of hydrogen-bond acceptors (Lipinski definition) is 6. The third-order valence-electron chi connectivity index (χ3n) is 6.99. The number of aromatic nitrogens is 1. The second-order valence-electron chi connectivity index (χ2n) is 9.96. The molecule has 3 amide bonds. The molecular weight excluding hydrogens is 575 g/mol. The van der Waals surface area contributed by atoms with E-state index in [9.17, 15) is 32.8 Å². The van der Waals surface area contributed by atoms with E-state index in [0.29, 0.717) is 0 Å². The summed E-state index contributed by atoms with van der Waals surface area (Å²) in [4.78, 5) is 46.8. The number of pyridine rings is 1. The van der Waals surface area contributed by atoms with Gasteiger partial charge >= 0.3 is 6.09 Å². The van der Waals surface area contributed by atoms with Crippen LogP contribution < -0.4 is 15.1 Å². The van der Waals surface area contributed by atoms with Crippen molar-refractivity contribution in [2.24, 2.45) is 0 Å². The maximum Gasteiger partial charge on any atom is 0.415 e. The smallest absolute Gasteiger partial charge is 0.415 e. The molecule has 0 radical (unpaired) electrons. The van der Waals surface area contributed by atoms with E-state index in [4.69, 9.17) is 16.3 Å². The van der Waals surface area contributed by atoms with Gasteiger partial charge in [-0.05, 0) is 36.4 Å². The highest BCUT2D eigenvalue weighted by Gasteiger charge is 2.47. The molecule has 3 aromatic rings. The zero-order valence-electron chi connectivity index (χ0n) is 21.8. The molecule has 2 fully saturated rings. The number of nitriles is 1. The van der Waals surface area contributed by atoms with E-state index in [2.05, 4.69) is 10.3 Å². The molecule has 1 saturated carbocycles. The van der Waals surface area contributed by atoms with Crippen LogP contribution >= 0.6 is 11.6 Å². The van der Waals surface area contributed by atoms with E-state index in [0.717, 1.165) is 21.9 Å². The summed E-state index contributed by atoms with van der Waals surface area (Å²) in [6.45, 7) is -0.208. The summed E-state index contributed by atoms with van der Waals surface area (Å²) in [5.74, 6) is -5.03. The van der Waals surface area contributed by atoms with Crippen LogP contribution in [-0.2, 0) is 14.3 Å². The van der Waals surface area contributed by atoms with Gasteiger partial charge in [-0.25, -0.2) is 22.9 Å². The number of nitrogens with zero attached hydrogens (tertiary/aromatic N) is 4. The van der Waals surface area contributed by atoms with Crippen molar-refractivity contribution in [3.05, 3.63) is 88.8 Å². The highest BCUT2D eigenvalue weighted by molar-refractivity contribution is 6.31. The van der Waals surface area contributed by atoms with Crippen LogP contribution in [0.25, 0.3) is 0 Å². The summed E-state index contributed by atoms with van der Waals surface area (Å²) in [5, 5.41) is 12.0. The predicted octanol–water partition coefficient (Wildman–Crippen LogP) is 5.15. The SMILES string of the molecule is N#Cc1ccnc(N2C(=O)OC[C@@H]2CC(=O)N(c2cccc(F)c2)[C@H](C(=O)NC2CC(F)(F)C2)c2ccccc2Cl)c1. The zero-order valence-corrected chi connectivity index (χ0v) is 22.6. The van der Waals surface area contributed by atoms with E-state index in [-0.39, 0.29) is 34.3 Å². The lowest BCUT2D eigenvalue weighted by molar-refractivity contribution is -0.132. The minimum absolute atomic E-state index is 0.000374. The molecule has 0 bridgehead atoms. The average molecular weight is 598 g/mol. The minimum atomic E-state index is -2.91. The molecule has 1 N–H and O–H groups in total. The second kappa shape index (κ2) is 11.7. The average Bonchev–Trinajstić information content (AvgIpc) is 3.30. The van der Waals surface area contributed by atoms with Crippen LogP contribution in [0.3, 0.4) is 0 Å². The number of amides is 3. The quantitative estimate of drug-likeness (QED) is 0.384. The van der Waals surface area contributed by atoms with Gasteiger partial charge in [0.2, 0.25) is 11.8 Å². The molecule has 0 spiro atoms. The molecule has 2 aromatic carbocycles. The third-order valence-corrected chi connectivity index (χ3v) is 7.33. The Bertz CT molecular complexity index is 1570. The lowest BCUT2D eigenvalue weighted by Gasteiger charge is -2.38. The third kappa shape index (κ3) is 6.01. The number of hydrogen-bond donors (Lipinski definition) is 1. The second-order valence-corrected chi connectivity index (χ2v) is 10.4. The number of rotatable bonds is 8. The number of anilines is 2. The van der Waals surface area contributed by atoms with E-state index in [1.807, 2.05) is 6.07 Å². The number of benzene rings is 2. The Balaban J connectivity index is 1.53. The Morgan fingerprint density at radius 1 is 1.19 bits per heavy atom. The summed E-state index contributed by atoms with van der Waals surface area (Å²) in [5.41, 5.74) is 0.406. The van der Waals surface area contributed by atoms with Crippen LogP contribution in [0.2, 0.25) is 5.02 Å². The van der Waals surface area contributed by atoms with Gasteiger partial charge < -0.3 is 10.1 Å². The number of carbonyl (C=O) groups excluding carboxylic acids is 3. The van der Waals surface area contributed by atoms with Gasteiger partial charge in [0.05, 0.1) is 24.1 Å². The molecule has 13 heteroatoms. The molecule has 1 saturated heterocycles. The molecule has 216 valence electrons. The van der Waals surface area contributed by atoms with Crippen molar-refractivity contribution in [1.29, 1.82) is 5.26 Å². The summed E-state index contributed by atoms with van der Waals surface area (Å²) >= 11 is 6.46. The molecule has 1 aromatic heterocycles. The molecule has 5 rings (SSSR count). The molecule has 0 unspecified atom stereocenters. The van der Waals surface area contributed by atoms with Gasteiger partial charge in [-0.2, -0.15) is 5.26 Å². The highest BCUT2D eigenvalue weighted by Crippen LogP contribution is 2.39. The van der Waals surface area contributed by atoms with Gasteiger partial charge in [0.1, 0.15) is 24.3 Å². The van der Waals surface area contributed by atoms with Crippen LogP contribution in [-0.4, -0.2) is 47.5 Å². The molecule has 42 heavy (non-hydrogen) atoms. The van der Waals surface area contributed by atoms with Gasteiger partial charge in [-0.1, -0.05) is 35.9 Å². The number of alkyl halides is 2. The largest absolute Gasteiger partial charge is 0.447 e. The lowest BCUT2D eigenvalue weighted by atomic mass is 9.87. The number of halogens is 4. The molecule has 2 heterocycles. The van der Waals surface area contributed by atoms with Crippen molar-refractivity contribution in [2.45, 2.75) is 43.3 Å². The Morgan fingerprint density at radius 3 is 2.64 bits per heavy atom. The van der Waals surface area contributed by atoms with Crippen molar-refractivity contribution in [1.82, 2.24) is 10.3 Å². The Morgan fingerprint density at radius 2 is 1.95 bits per heavy atom. The van der Waals surface area contributed by atoms with Crippen LogP contribution in [0.4, 0.5) is 29.5 Å². The number of cyclic esters (lactones) is 1. The van der Waals surface area contributed by atoms with Crippen molar-refractivity contribution < 1.29 is 32.3 Å². The first-order chi connectivity index (χ1) is 20.1. The summed E-state index contributed by atoms with van der Waals surface area (Å²) in [6.07, 6.45) is -0.991. The Labute approximate surface area is 243 Å². The summed E-state index contributed by atoms with van der Waals surface area (Å²) in [7, 11) is 0. The highest BCUT2D eigenvalue weighted by atomic mass is 35.5. The maximum atomic E-state index is 14.5. The van der Waals surface area contributed by atoms with Gasteiger partial charge in [0.15, 0.2) is 0 Å². The summed E-state index contributed by atoms with van der Waals surface area (Å²) in [6, 6.07) is 12.7. The minimum Gasteiger partial charge on any atom is -0.447 e. The fourth-order valence-electron chi connectivity index (χ4n) is 5.01. The summed E-state index contributed by atoms with van der Waals surface area (Å²) < 4.78 is 46.8. The standard InChI is InChI=1S/C29H23ClF3N5O4/c30-23-7-2-1-6-22(23)26(27(40)36-19-13-29(32,33)14-19)38(20-5-3-4-18(31)11-20)25(39)12-21-16-42-28(41)37(21)24-10-17(15-34)8-9-35-24/h1-11,19,21,26H,12-14,16H2,(H,36,40)/t21-,26-/m0/s1.